The van der Waals surface area contributed by atoms with Gasteiger partial charge in [0.1, 0.15) is 15.9 Å². The largest absolute Gasteiger partial charge is 0.380 e. The number of nitro groups is 1. The summed E-state index contributed by atoms with van der Waals surface area (Å²) in [7, 11) is 1.64. The first-order valence-corrected chi connectivity index (χ1v) is 11.6. The van der Waals surface area contributed by atoms with Crippen LogP contribution < -0.4 is 5.32 Å². The van der Waals surface area contributed by atoms with Crippen LogP contribution in [0, 0.1) is 17.0 Å². The first kappa shape index (κ1) is 22.0. The third-order valence-electron chi connectivity index (χ3n) is 5.83. The molecule has 1 amide bonds. The number of pyridine rings is 1. The molecule has 2 aromatic heterocycles. The van der Waals surface area contributed by atoms with Gasteiger partial charge in [0.2, 0.25) is 0 Å². The molecule has 0 fully saturated rings. The number of amides is 1. The maximum absolute atomic E-state index is 13.8. The number of anilines is 1. The number of ether oxygens (including phenoxy) is 1. The summed E-state index contributed by atoms with van der Waals surface area (Å²) in [5.74, 6) is -0.107. The Morgan fingerprint density at radius 2 is 1.91 bits per heavy atom. The highest BCUT2D eigenvalue weighted by atomic mass is 32.1. The van der Waals surface area contributed by atoms with Gasteiger partial charge in [-0.25, -0.2) is 4.98 Å². The molecular formula is C25H22N4O4S. The molecule has 34 heavy (non-hydrogen) atoms. The number of non-ortho nitro benzene ring substituents is 1. The van der Waals surface area contributed by atoms with Gasteiger partial charge < -0.3 is 15.0 Å². The molecule has 1 unspecified atom stereocenters. The fraction of sp³-hybridized carbons (Fsp3) is 0.200. The topological polar surface area (TPSA) is 97.6 Å². The minimum atomic E-state index is -0.504. The highest BCUT2D eigenvalue weighted by Crippen LogP contribution is 2.44. The molecule has 0 spiro atoms. The van der Waals surface area contributed by atoms with Gasteiger partial charge >= 0.3 is 0 Å². The summed E-state index contributed by atoms with van der Waals surface area (Å²) in [6.45, 7) is 2.71. The van der Waals surface area contributed by atoms with Crippen molar-refractivity contribution < 1.29 is 14.5 Å². The minimum Gasteiger partial charge on any atom is -0.380 e. The van der Waals surface area contributed by atoms with E-state index in [0.717, 1.165) is 38.3 Å². The molecule has 0 saturated carbocycles. The lowest BCUT2D eigenvalue weighted by molar-refractivity contribution is -0.384. The van der Waals surface area contributed by atoms with Gasteiger partial charge in [0, 0.05) is 36.9 Å². The van der Waals surface area contributed by atoms with Crippen molar-refractivity contribution in [2.45, 2.75) is 26.2 Å². The Morgan fingerprint density at radius 1 is 1.18 bits per heavy atom. The molecule has 3 heterocycles. The molecule has 5 rings (SSSR count). The maximum Gasteiger partial charge on any atom is 0.269 e. The van der Waals surface area contributed by atoms with E-state index in [9.17, 15) is 14.9 Å². The van der Waals surface area contributed by atoms with Gasteiger partial charge in [0.05, 0.1) is 17.2 Å². The van der Waals surface area contributed by atoms with Crippen LogP contribution in [-0.2, 0) is 17.9 Å². The fourth-order valence-corrected chi connectivity index (χ4v) is 5.50. The molecule has 0 radical (unpaired) electrons. The molecule has 0 bridgehead atoms. The summed E-state index contributed by atoms with van der Waals surface area (Å²) in [5, 5.41) is 15.6. The molecule has 172 valence electrons. The number of nitrogens with one attached hydrogen (secondary N) is 1. The van der Waals surface area contributed by atoms with E-state index in [2.05, 4.69) is 10.3 Å². The molecule has 1 N–H and O–H groups in total. The van der Waals surface area contributed by atoms with Crippen LogP contribution in [0.5, 0.6) is 0 Å². The summed E-state index contributed by atoms with van der Waals surface area (Å²) in [4.78, 5) is 32.4. The number of carbonyl (C=O) groups is 1. The summed E-state index contributed by atoms with van der Waals surface area (Å²) < 4.78 is 5.42. The molecule has 1 aliphatic rings. The Labute approximate surface area is 200 Å². The zero-order chi connectivity index (χ0) is 23.8. The second-order valence-corrected chi connectivity index (χ2v) is 9.16. The van der Waals surface area contributed by atoms with Crippen LogP contribution in [0.1, 0.15) is 38.2 Å². The number of benzene rings is 2. The average molecular weight is 475 g/mol. The molecule has 0 saturated heterocycles. The number of nitrogens with zero attached hydrogens (tertiary/aromatic N) is 3. The second-order valence-electron chi connectivity index (χ2n) is 8.16. The lowest BCUT2D eigenvalue weighted by atomic mass is 10.0. The van der Waals surface area contributed by atoms with Gasteiger partial charge in [-0.1, -0.05) is 30.3 Å². The van der Waals surface area contributed by atoms with E-state index in [4.69, 9.17) is 4.74 Å². The van der Waals surface area contributed by atoms with E-state index in [-0.39, 0.29) is 11.6 Å². The molecule has 8 nitrogen and oxygen atoms in total. The van der Waals surface area contributed by atoms with Crippen molar-refractivity contribution in [3.05, 3.63) is 98.0 Å². The minimum absolute atomic E-state index is 0.00391. The van der Waals surface area contributed by atoms with Crippen LogP contribution >= 0.6 is 11.3 Å². The molecule has 1 atom stereocenters. The quantitative estimate of drug-likeness (QED) is 0.296. The summed E-state index contributed by atoms with van der Waals surface area (Å²) in [6, 6.07) is 18.0. The Bertz CT molecular complexity index is 1390. The average Bonchev–Trinajstić information content (AvgIpc) is 3.20. The Balaban J connectivity index is 1.65. The second kappa shape index (κ2) is 8.85. The predicted octanol–water partition coefficient (Wildman–Crippen LogP) is 5.43. The number of carbonyl (C=O) groups excluding carboxylic acids is 1. The lowest BCUT2D eigenvalue weighted by Crippen LogP contribution is -2.41. The van der Waals surface area contributed by atoms with E-state index >= 15 is 0 Å². The predicted molar refractivity (Wildman–Crippen MR) is 131 cm³/mol. The van der Waals surface area contributed by atoms with Gasteiger partial charge in [0.25, 0.3) is 11.6 Å². The normalized spacial score (nSPS) is 15.3. The van der Waals surface area contributed by atoms with Crippen molar-refractivity contribution in [2.24, 2.45) is 0 Å². The van der Waals surface area contributed by atoms with E-state index < -0.39 is 11.1 Å². The van der Waals surface area contributed by atoms with Gasteiger partial charge in [0.15, 0.2) is 0 Å². The smallest absolute Gasteiger partial charge is 0.269 e. The van der Waals surface area contributed by atoms with E-state index in [1.165, 1.54) is 23.5 Å². The third kappa shape index (κ3) is 3.89. The van der Waals surface area contributed by atoms with Crippen molar-refractivity contribution in [1.29, 1.82) is 0 Å². The molecular weight excluding hydrogens is 452 g/mol. The van der Waals surface area contributed by atoms with E-state index in [1.54, 1.807) is 24.1 Å². The first-order chi connectivity index (χ1) is 16.5. The van der Waals surface area contributed by atoms with Crippen LogP contribution in [0.4, 0.5) is 11.4 Å². The van der Waals surface area contributed by atoms with Crippen molar-refractivity contribution in [3.8, 4) is 0 Å². The fourth-order valence-electron chi connectivity index (χ4n) is 4.32. The van der Waals surface area contributed by atoms with Gasteiger partial charge in [-0.05, 0) is 41.8 Å². The van der Waals surface area contributed by atoms with Crippen LogP contribution in [0.3, 0.4) is 0 Å². The van der Waals surface area contributed by atoms with Crippen LogP contribution in [0.2, 0.25) is 0 Å². The highest BCUT2D eigenvalue weighted by molar-refractivity contribution is 7.21. The Morgan fingerprint density at radius 3 is 2.59 bits per heavy atom. The summed E-state index contributed by atoms with van der Waals surface area (Å²) in [6.07, 6.45) is -0.504. The highest BCUT2D eigenvalue weighted by Gasteiger charge is 2.37. The zero-order valence-corrected chi connectivity index (χ0v) is 19.5. The molecule has 9 heteroatoms. The van der Waals surface area contributed by atoms with Crippen molar-refractivity contribution >= 4 is 38.8 Å². The monoisotopic (exact) mass is 474 g/mol. The molecule has 1 aliphatic heterocycles. The lowest BCUT2D eigenvalue weighted by Gasteiger charge is -2.37. The number of methoxy groups -OCH3 is 1. The van der Waals surface area contributed by atoms with E-state index in [1.807, 2.05) is 43.3 Å². The van der Waals surface area contributed by atoms with Gasteiger partial charge in [-0.3, -0.25) is 14.9 Å². The number of thiophene rings is 1. The number of hydrogen-bond donors (Lipinski definition) is 1. The Hall–Kier alpha value is -3.82. The summed E-state index contributed by atoms with van der Waals surface area (Å²) in [5.41, 5.74) is 4.30. The molecule has 2 aromatic carbocycles. The number of aromatic nitrogens is 1. The SMILES string of the molecule is COCc1cc(C)nc2sc3c(c12)NC(c1ccc([N+](=O)[O-])cc1)N(Cc1ccccc1)C3=O. The van der Waals surface area contributed by atoms with Crippen molar-refractivity contribution in [1.82, 2.24) is 9.88 Å². The first-order valence-electron chi connectivity index (χ1n) is 10.7. The number of fused-ring (bicyclic) bond motifs is 3. The van der Waals surface area contributed by atoms with E-state index in [0.29, 0.717) is 18.0 Å². The van der Waals surface area contributed by atoms with Crippen LogP contribution in [0.15, 0.2) is 60.7 Å². The zero-order valence-electron chi connectivity index (χ0n) is 18.6. The molecule has 0 aliphatic carbocycles. The molecule has 4 aromatic rings. The number of nitro benzene ring substituents is 1. The van der Waals surface area contributed by atoms with Gasteiger partial charge in [-0.15, -0.1) is 11.3 Å². The Kier molecular flexibility index (Phi) is 5.72. The van der Waals surface area contributed by atoms with Gasteiger partial charge in [-0.2, -0.15) is 0 Å². The standard InChI is InChI=1S/C25H22N4O4S/c1-15-12-18(14-33-2)20-21-22(34-24(20)26-15)25(30)28(13-16-6-4-3-5-7-16)23(27-21)17-8-10-19(11-9-17)29(31)32/h3-12,23,27H,13-14H2,1-2H3. The number of hydrogen-bond acceptors (Lipinski definition) is 7. The third-order valence-corrected chi connectivity index (χ3v) is 6.91. The van der Waals surface area contributed by atoms with Crippen molar-refractivity contribution in [2.75, 3.05) is 12.4 Å². The maximum atomic E-state index is 13.8. The van der Waals surface area contributed by atoms with Crippen LogP contribution in [-0.4, -0.2) is 27.8 Å². The number of aryl methyl sites for hydroxylation is 1. The van der Waals surface area contributed by atoms with Crippen molar-refractivity contribution in [3.63, 3.8) is 0 Å². The summed E-state index contributed by atoms with van der Waals surface area (Å²) >= 11 is 1.37. The number of rotatable bonds is 6. The van der Waals surface area contributed by atoms with Crippen LogP contribution in [0.25, 0.3) is 10.2 Å².